The highest BCUT2D eigenvalue weighted by atomic mass is 35.5. The Morgan fingerprint density at radius 1 is 1.48 bits per heavy atom. The quantitative estimate of drug-likeness (QED) is 0.860. The zero-order valence-corrected chi connectivity index (χ0v) is 12.7. The number of nitrogens with zero attached hydrogens (tertiary/aromatic N) is 3. The maximum absolute atomic E-state index is 12.0. The van der Waals surface area contributed by atoms with E-state index in [0.29, 0.717) is 51.5 Å². The van der Waals surface area contributed by atoms with Gasteiger partial charge in [0.05, 0.1) is 25.1 Å². The lowest BCUT2D eigenvalue weighted by molar-refractivity contribution is -0.134. The molecule has 116 valence electrons. The number of aryl methyl sites for hydroxylation is 1. The number of carbonyl (C=O) groups is 1. The molecule has 21 heavy (non-hydrogen) atoms. The van der Waals surface area contributed by atoms with Crippen molar-refractivity contribution in [2.75, 3.05) is 38.2 Å². The lowest BCUT2D eigenvalue weighted by Crippen LogP contribution is -2.41. The number of hydrogen-bond donors (Lipinski definition) is 1. The monoisotopic (exact) mass is 314 g/mol. The van der Waals surface area contributed by atoms with Crippen LogP contribution in [0.4, 0.5) is 5.69 Å². The number of anilines is 1. The van der Waals surface area contributed by atoms with Gasteiger partial charge in [-0.15, -0.1) is 0 Å². The van der Waals surface area contributed by atoms with Gasteiger partial charge in [-0.25, -0.2) is 4.68 Å². The molecule has 0 unspecified atom stereocenters. The minimum atomic E-state index is -0.330. The van der Waals surface area contributed by atoms with Crippen LogP contribution in [0.15, 0.2) is 11.0 Å². The summed E-state index contributed by atoms with van der Waals surface area (Å²) in [5, 5.41) is 7.08. The summed E-state index contributed by atoms with van der Waals surface area (Å²) in [6.07, 6.45) is 1.85. The molecule has 8 heteroatoms. The van der Waals surface area contributed by atoms with E-state index in [1.165, 1.54) is 10.9 Å². The lowest BCUT2D eigenvalue weighted by atomic mass is 10.3. The van der Waals surface area contributed by atoms with Gasteiger partial charge >= 0.3 is 0 Å². The predicted molar refractivity (Wildman–Crippen MR) is 79.7 cm³/mol. The molecular weight excluding hydrogens is 296 g/mol. The van der Waals surface area contributed by atoms with E-state index in [0.717, 1.165) is 0 Å². The molecule has 7 nitrogen and oxygen atoms in total. The highest BCUT2D eigenvalue weighted by Gasteiger charge is 2.16. The number of morpholine rings is 1. The molecule has 2 heterocycles. The first-order valence-electron chi connectivity index (χ1n) is 6.98. The molecule has 1 aromatic rings. The van der Waals surface area contributed by atoms with Crippen molar-refractivity contribution in [2.45, 2.75) is 19.9 Å². The first-order chi connectivity index (χ1) is 10.1. The molecule has 1 saturated heterocycles. The van der Waals surface area contributed by atoms with Crippen LogP contribution in [0.5, 0.6) is 0 Å². The van der Waals surface area contributed by atoms with Crippen LogP contribution in [0.3, 0.4) is 0 Å². The molecule has 0 aliphatic carbocycles. The molecule has 1 aliphatic heterocycles. The third-order valence-corrected chi connectivity index (χ3v) is 3.67. The fourth-order valence-electron chi connectivity index (χ4n) is 2.09. The number of hydrogen-bond acceptors (Lipinski definition) is 5. The van der Waals surface area contributed by atoms with E-state index in [-0.39, 0.29) is 16.5 Å². The van der Waals surface area contributed by atoms with Gasteiger partial charge in [0.15, 0.2) is 0 Å². The van der Waals surface area contributed by atoms with Gasteiger partial charge in [0.25, 0.3) is 5.56 Å². The normalized spacial score (nSPS) is 15.0. The Balaban J connectivity index is 1.87. The molecule has 0 radical (unpaired) electrons. The number of ether oxygens (including phenoxy) is 1. The number of nitrogens with one attached hydrogen (secondary N) is 1. The Kier molecular flexibility index (Phi) is 5.58. The van der Waals surface area contributed by atoms with Gasteiger partial charge in [-0.3, -0.25) is 9.59 Å². The van der Waals surface area contributed by atoms with Crippen molar-refractivity contribution in [3.8, 4) is 0 Å². The van der Waals surface area contributed by atoms with E-state index in [1.54, 1.807) is 4.90 Å². The van der Waals surface area contributed by atoms with Crippen LogP contribution in [0, 0.1) is 0 Å². The molecule has 0 atom stereocenters. The molecule has 0 spiro atoms. The number of carbonyl (C=O) groups excluding carboxylic acids is 1. The summed E-state index contributed by atoms with van der Waals surface area (Å²) in [7, 11) is 0. The summed E-state index contributed by atoms with van der Waals surface area (Å²) in [4.78, 5) is 25.5. The topological polar surface area (TPSA) is 76.5 Å². The molecule has 2 rings (SSSR count). The van der Waals surface area contributed by atoms with Crippen LogP contribution in [0.2, 0.25) is 5.02 Å². The average Bonchev–Trinajstić information content (AvgIpc) is 2.52. The second-order valence-corrected chi connectivity index (χ2v) is 5.04. The Hall–Kier alpha value is -1.60. The van der Waals surface area contributed by atoms with Crippen molar-refractivity contribution >= 4 is 23.2 Å². The van der Waals surface area contributed by atoms with E-state index in [2.05, 4.69) is 10.4 Å². The largest absolute Gasteiger partial charge is 0.382 e. The molecule has 1 fully saturated rings. The Morgan fingerprint density at radius 3 is 2.86 bits per heavy atom. The van der Waals surface area contributed by atoms with Crippen LogP contribution in [0.1, 0.15) is 13.3 Å². The van der Waals surface area contributed by atoms with Crippen molar-refractivity contribution in [1.82, 2.24) is 14.7 Å². The van der Waals surface area contributed by atoms with Crippen molar-refractivity contribution in [3.05, 3.63) is 21.6 Å². The fourth-order valence-corrected chi connectivity index (χ4v) is 2.30. The van der Waals surface area contributed by atoms with Crippen molar-refractivity contribution in [3.63, 3.8) is 0 Å². The summed E-state index contributed by atoms with van der Waals surface area (Å²) in [6.45, 7) is 5.13. The highest BCUT2D eigenvalue weighted by molar-refractivity contribution is 6.32. The SMILES string of the molecule is CCn1ncc(NCCC(=O)N2CCOCC2)c(Cl)c1=O. The minimum absolute atomic E-state index is 0.0665. The molecular formula is C13H19ClN4O3. The molecule has 1 aromatic heterocycles. The van der Waals surface area contributed by atoms with E-state index >= 15 is 0 Å². The molecule has 0 saturated carbocycles. The third kappa shape index (κ3) is 3.95. The number of halogens is 1. The van der Waals surface area contributed by atoms with E-state index < -0.39 is 0 Å². The van der Waals surface area contributed by atoms with E-state index in [4.69, 9.17) is 16.3 Å². The zero-order chi connectivity index (χ0) is 15.2. The van der Waals surface area contributed by atoms with Gasteiger partial charge in [-0.2, -0.15) is 5.10 Å². The van der Waals surface area contributed by atoms with Gasteiger partial charge in [0, 0.05) is 32.6 Å². The van der Waals surface area contributed by atoms with Crippen LogP contribution < -0.4 is 10.9 Å². The summed E-state index contributed by atoms with van der Waals surface area (Å²) >= 11 is 5.99. The number of aromatic nitrogens is 2. The van der Waals surface area contributed by atoms with E-state index in [1.807, 2.05) is 6.92 Å². The van der Waals surface area contributed by atoms with Gasteiger partial charge in [0.1, 0.15) is 5.02 Å². The van der Waals surface area contributed by atoms with Crippen LogP contribution in [0.25, 0.3) is 0 Å². The third-order valence-electron chi connectivity index (χ3n) is 3.30. The standard InChI is InChI=1S/C13H19ClN4O3/c1-2-18-13(20)12(14)10(9-16-18)15-4-3-11(19)17-5-7-21-8-6-17/h9,15H,2-8H2,1H3. The summed E-state index contributed by atoms with van der Waals surface area (Å²) in [6, 6.07) is 0. The molecule has 0 aromatic carbocycles. The summed E-state index contributed by atoms with van der Waals surface area (Å²) in [5.74, 6) is 0.0665. The molecule has 1 aliphatic rings. The first-order valence-corrected chi connectivity index (χ1v) is 7.36. The Labute approximate surface area is 127 Å². The van der Waals surface area contributed by atoms with Crippen molar-refractivity contribution in [1.29, 1.82) is 0 Å². The zero-order valence-electron chi connectivity index (χ0n) is 12.0. The highest BCUT2D eigenvalue weighted by Crippen LogP contribution is 2.15. The predicted octanol–water partition coefficient (Wildman–Crippen LogP) is 0.577. The van der Waals surface area contributed by atoms with Gasteiger partial charge in [-0.05, 0) is 6.92 Å². The van der Waals surface area contributed by atoms with Crippen LogP contribution in [-0.2, 0) is 16.1 Å². The minimum Gasteiger partial charge on any atom is -0.382 e. The molecule has 1 amide bonds. The van der Waals surface area contributed by atoms with Crippen molar-refractivity contribution < 1.29 is 9.53 Å². The molecule has 1 N–H and O–H groups in total. The van der Waals surface area contributed by atoms with Gasteiger partial charge in [0.2, 0.25) is 5.91 Å². The summed E-state index contributed by atoms with van der Waals surface area (Å²) in [5.41, 5.74) is 0.129. The maximum atomic E-state index is 12.0. The van der Waals surface area contributed by atoms with E-state index in [9.17, 15) is 9.59 Å². The summed E-state index contributed by atoms with van der Waals surface area (Å²) < 4.78 is 6.49. The molecule has 0 bridgehead atoms. The Morgan fingerprint density at radius 2 is 2.19 bits per heavy atom. The maximum Gasteiger partial charge on any atom is 0.287 e. The fraction of sp³-hybridized carbons (Fsp3) is 0.615. The van der Waals surface area contributed by atoms with Gasteiger partial charge < -0.3 is 15.0 Å². The lowest BCUT2D eigenvalue weighted by Gasteiger charge is -2.26. The second-order valence-electron chi connectivity index (χ2n) is 4.66. The van der Waals surface area contributed by atoms with Crippen molar-refractivity contribution in [2.24, 2.45) is 0 Å². The van der Waals surface area contributed by atoms with Gasteiger partial charge in [-0.1, -0.05) is 11.6 Å². The number of rotatable bonds is 5. The number of amides is 1. The second kappa shape index (κ2) is 7.42. The van der Waals surface area contributed by atoms with Crippen LogP contribution >= 0.6 is 11.6 Å². The smallest absolute Gasteiger partial charge is 0.287 e. The van der Waals surface area contributed by atoms with Crippen LogP contribution in [-0.4, -0.2) is 53.4 Å². The first kappa shape index (κ1) is 15.8. The Bertz CT molecular complexity index is 555. The average molecular weight is 315 g/mol.